The first-order valence-corrected chi connectivity index (χ1v) is 7.44. The molecule has 1 N–H and O–H groups in total. The highest BCUT2D eigenvalue weighted by atomic mass is 16.5. The lowest BCUT2D eigenvalue weighted by Gasteiger charge is -2.26. The third-order valence-electron chi connectivity index (χ3n) is 3.98. The average molecular weight is 254 g/mol. The van der Waals surface area contributed by atoms with Crippen molar-refractivity contribution in [3.63, 3.8) is 0 Å². The molecule has 0 spiro atoms. The molecule has 0 radical (unpaired) electrons. The van der Waals surface area contributed by atoms with Crippen LogP contribution in [0.5, 0.6) is 0 Å². The summed E-state index contributed by atoms with van der Waals surface area (Å²) < 4.78 is 5.30. The molecule has 2 rings (SSSR count). The number of hydrogen-bond donors (Lipinski definition) is 1. The van der Waals surface area contributed by atoms with E-state index in [4.69, 9.17) is 4.74 Å². The number of amides is 1. The Labute approximate surface area is 110 Å². The summed E-state index contributed by atoms with van der Waals surface area (Å²) >= 11 is 0. The van der Waals surface area contributed by atoms with E-state index in [1.807, 2.05) is 0 Å². The zero-order chi connectivity index (χ0) is 12.6. The molecule has 0 aromatic rings. The summed E-state index contributed by atoms with van der Waals surface area (Å²) in [6.45, 7) is 4.43. The maximum atomic E-state index is 11.9. The summed E-state index contributed by atoms with van der Waals surface area (Å²) in [5.74, 6) is 0.230. The third-order valence-corrected chi connectivity index (χ3v) is 3.98. The third kappa shape index (κ3) is 4.94. The quantitative estimate of drug-likeness (QED) is 0.774. The Hall–Kier alpha value is -0.610. The van der Waals surface area contributed by atoms with E-state index >= 15 is 0 Å². The molecule has 4 nitrogen and oxygen atoms in total. The van der Waals surface area contributed by atoms with E-state index < -0.39 is 0 Å². The summed E-state index contributed by atoms with van der Waals surface area (Å²) in [7, 11) is 0. The fourth-order valence-electron chi connectivity index (χ4n) is 2.81. The second-order valence-corrected chi connectivity index (χ2v) is 5.46. The molecular weight excluding hydrogens is 228 g/mol. The van der Waals surface area contributed by atoms with Crippen molar-refractivity contribution in [3.8, 4) is 0 Å². The van der Waals surface area contributed by atoms with Gasteiger partial charge in [0, 0.05) is 32.1 Å². The molecule has 1 saturated carbocycles. The van der Waals surface area contributed by atoms with Crippen LogP contribution >= 0.6 is 0 Å². The highest BCUT2D eigenvalue weighted by molar-refractivity contribution is 5.76. The molecule has 0 aromatic carbocycles. The van der Waals surface area contributed by atoms with Gasteiger partial charge < -0.3 is 10.1 Å². The van der Waals surface area contributed by atoms with Gasteiger partial charge in [-0.25, -0.2) is 0 Å². The number of rotatable bonds is 4. The van der Waals surface area contributed by atoms with Gasteiger partial charge in [-0.3, -0.25) is 9.69 Å². The van der Waals surface area contributed by atoms with Gasteiger partial charge in [0.05, 0.1) is 13.2 Å². The molecule has 0 atom stereocenters. The first-order valence-electron chi connectivity index (χ1n) is 7.44. The number of nitrogens with zero attached hydrogens (tertiary/aromatic N) is 1. The molecule has 2 fully saturated rings. The summed E-state index contributed by atoms with van der Waals surface area (Å²) in [5, 5.41) is 3.20. The zero-order valence-corrected chi connectivity index (χ0v) is 11.3. The Morgan fingerprint density at radius 1 is 1.11 bits per heavy atom. The van der Waals surface area contributed by atoms with Gasteiger partial charge in [0.15, 0.2) is 0 Å². The van der Waals surface area contributed by atoms with E-state index in [2.05, 4.69) is 10.2 Å². The normalized spacial score (nSPS) is 23.6. The van der Waals surface area contributed by atoms with Crippen LogP contribution in [0, 0.1) is 0 Å². The molecule has 0 aromatic heterocycles. The lowest BCUT2D eigenvalue weighted by Crippen LogP contribution is -2.40. The molecule has 1 aliphatic heterocycles. The maximum absolute atomic E-state index is 11.9. The smallest absolute Gasteiger partial charge is 0.221 e. The van der Waals surface area contributed by atoms with Crippen molar-refractivity contribution in [2.75, 3.05) is 32.8 Å². The van der Waals surface area contributed by atoms with Gasteiger partial charge >= 0.3 is 0 Å². The number of hydrogen-bond acceptors (Lipinski definition) is 3. The van der Waals surface area contributed by atoms with Gasteiger partial charge in [-0.05, 0) is 12.8 Å². The van der Waals surface area contributed by atoms with Crippen molar-refractivity contribution >= 4 is 5.91 Å². The SMILES string of the molecule is O=C(CCN1CCOCC1)NC1CCCCCC1. The average Bonchev–Trinajstić information content (AvgIpc) is 2.66. The molecular formula is C14H26N2O2. The first-order chi connectivity index (χ1) is 8.84. The molecule has 1 heterocycles. The molecule has 1 aliphatic carbocycles. The summed E-state index contributed by atoms with van der Waals surface area (Å²) in [4.78, 5) is 14.2. The van der Waals surface area contributed by atoms with Crippen molar-refractivity contribution in [2.24, 2.45) is 0 Å². The van der Waals surface area contributed by atoms with Gasteiger partial charge in [-0.2, -0.15) is 0 Å². The van der Waals surface area contributed by atoms with Gasteiger partial charge in [0.25, 0.3) is 0 Å². The van der Waals surface area contributed by atoms with Gasteiger partial charge in [0.2, 0.25) is 5.91 Å². The lowest BCUT2D eigenvalue weighted by molar-refractivity contribution is -0.122. The fourth-order valence-corrected chi connectivity index (χ4v) is 2.81. The van der Waals surface area contributed by atoms with E-state index in [1.54, 1.807) is 0 Å². The molecule has 2 aliphatic rings. The minimum Gasteiger partial charge on any atom is -0.379 e. The molecule has 18 heavy (non-hydrogen) atoms. The van der Waals surface area contributed by atoms with E-state index in [1.165, 1.54) is 38.5 Å². The predicted octanol–water partition coefficient (Wildman–Crippen LogP) is 1.55. The number of carbonyl (C=O) groups excluding carboxylic acids is 1. The topological polar surface area (TPSA) is 41.6 Å². The van der Waals surface area contributed by atoms with Crippen LogP contribution in [-0.2, 0) is 9.53 Å². The molecule has 1 amide bonds. The molecule has 104 valence electrons. The minimum atomic E-state index is 0.230. The van der Waals surface area contributed by atoms with E-state index in [9.17, 15) is 4.79 Å². The van der Waals surface area contributed by atoms with Crippen LogP contribution in [0.25, 0.3) is 0 Å². The van der Waals surface area contributed by atoms with Crippen molar-refractivity contribution in [3.05, 3.63) is 0 Å². The van der Waals surface area contributed by atoms with Crippen LogP contribution in [0.1, 0.15) is 44.9 Å². The summed E-state index contributed by atoms with van der Waals surface area (Å²) in [5.41, 5.74) is 0. The lowest BCUT2D eigenvalue weighted by atomic mass is 10.1. The Morgan fingerprint density at radius 2 is 1.78 bits per heavy atom. The van der Waals surface area contributed by atoms with Gasteiger partial charge in [-0.1, -0.05) is 25.7 Å². The van der Waals surface area contributed by atoms with E-state index in [-0.39, 0.29) is 5.91 Å². The van der Waals surface area contributed by atoms with Crippen molar-refractivity contribution in [1.29, 1.82) is 0 Å². The summed E-state index contributed by atoms with van der Waals surface area (Å²) in [6, 6.07) is 0.435. The predicted molar refractivity (Wildman–Crippen MR) is 71.5 cm³/mol. The maximum Gasteiger partial charge on any atom is 0.221 e. The van der Waals surface area contributed by atoms with Gasteiger partial charge in [0.1, 0.15) is 0 Å². The second kappa shape index (κ2) is 7.74. The number of ether oxygens (including phenoxy) is 1. The second-order valence-electron chi connectivity index (χ2n) is 5.46. The zero-order valence-electron chi connectivity index (χ0n) is 11.3. The van der Waals surface area contributed by atoms with Crippen molar-refractivity contribution < 1.29 is 9.53 Å². The Kier molecular flexibility index (Phi) is 5.94. The van der Waals surface area contributed by atoms with Crippen LogP contribution in [0.2, 0.25) is 0 Å². The van der Waals surface area contributed by atoms with Crippen molar-refractivity contribution in [1.82, 2.24) is 10.2 Å². The molecule has 0 unspecified atom stereocenters. The Bertz CT molecular complexity index is 244. The number of morpholine rings is 1. The fraction of sp³-hybridized carbons (Fsp3) is 0.929. The minimum absolute atomic E-state index is 0.230. The number of nitrogens with one attached hydrogen (secondary N) is 1. The van der Waals surface area contributed by atoms with Crippen LogP contribution < -0.4 is 5.32 Å². The van der Waals surface area contributed by atoms with Crippen LogP contribution in [0.4, 0.5) is 0 Å². The molecule has 4 heteroatoms. The van der Waals surface area contributed by atoms with Crippen LogP contribution in [0.15, 0.2) is 0 Å². The highest BCUT2D eigenvalue weighted by Gasteiger charge is 2.16. The van der Waals surface area contributed by atoms with E-state index in [0.29, 0.717) is 12.5 Å². The Morgan fingerprint density at radius 3 is 2.44 bits per heavy atom. The monoisotopic (exact) mass is 254 g/mol. The highest BCUT2D eigenvalue weighted by Crippen LogP contribution is 2.17. The van der Waals surface area contributed by atoms with Crippen molar-refractivity contribution in [2.45, 2.75) is 51.0 Å². The molecule has 0 bridgehead atoms. The summed E-state index contributed by atoms with van der Waals surface area (Å²) in [6.07, 6.45) is 8.19. The van der Waals surface area contributed by atoms with Gasteiger partial charge in [-0.15, -0.1) is 0 Å². The van der Waals surface area contributed by atoms with Crippen LogP contribution in [0.3, 0.4) is 0 Å². The standard InChI is InChI=1S/C14H26N2O2/c17-14(7-8-16-9-11-18-12-10-16)15-13-5-3-1-2-4-6-13/h13H,1-12H2,(H,15,17). The largest absolute Gasteiger partial charge is 0.379 e. The van der Waals surface area contributed by atoms with Crippen LogP contribution in [-0.4, -0.2) is 49.7 Å². The number of carbonyl (C=O) groups is 1. The first kappa shape index (κ1) is 13.8. The Balaban J connectivity index is 1.61. The molecule has 1 saturated heterocycles. The van der Waals surface area contributed by atoms with E-state index in [0.717, 1.165) is 32.8 Å².